The number of carbonyl (C=O) groups is 1. The van der Waals surface area contributed by atoms with Crippen LogP contribution in [0.1, 0.15) is 38.2 Å². The Balaban J connectivity index is 0.00000264. The zero-order valence-electron chi connectivity index (χ0n) is 14.1. The van der Waals surface area contributed by atoms with Crippen molar-refractivity contribution in [1.29, 1.82) is 0 Å². The number of ether oxygens (including phenoxy) is 2. The predicted octanol–water partition coefficient (Wildman–Crippen LogP) is -1.40. The van der Waals surface area contributed by atoms with Crippen molar-refractivity contribution in [3.05, 3.63) is 35.9 Å². The van der Waals surface area contributed by atoms with Crippen molar-refractivity contribution >= 4 is 5.97 Å². The molecule has 130 valence electrons. The average Bonchev–Trinajstić information content (AvgIpc) is 2.50. The van der Waals surface area contributed by atoms with Gasteiger partial charge in [0.1, 0.15) is 5.60 Å². The molecule has 0 radical (unpaired) electrons. The van der Waals surface area contributed by atoms with Crippen molar-refractivity contribution in [2.24, 2.45) is 0 Å². The first-order valence-electron chi connectivity index (χ1n) is 8.22. The Morgan fingerprint density at radius 3 is 2.48 bits per heavy atom. The third kappa shape index (κ3) is 6.90. The zero-order valence-corrected chi connectivity index (χ0v) is 14.9. The fourth-order valence-electron chi connectivity index (χ4n) is 3.10. The van der Waals surface area contributed by atoms with Crippen LogP contribution in [0.2, 0.25) is 0 Å². The lowest BCUT2D eigenvalue weighted by Crippen LogP contribution is -3.10. The molecule has 0 atom stereocenters. The molecule has 1 heterocycles. The van der Waals surface area contributed by atoms with Gasteiger partial charge in [0.15, 0.2) is 0 Å². The number of carbonyl (C=O) groups excluding carboxylic acids is 1. The van der Waals surface area contributed by atoms with E-state index in [0.29, 0.717) is 13.2 Å². The van der Waals surface area contributed by atoms with Crippen LogP contribution in [0, 0.1) is 0 Å². The van der Waals surface area contributed by atoms with E-state index in [9.17, 15) is 4.79 Å². The van der Waals surface area contributed by atoms with Gasteiger partial charge in [0.05, 0.1) is 26.7 Å². The molecule has 23 heavy (non-hydrogen) atoms. The maximum atomic E-state index is 11.4. The maximum Gasteiger partial charge on any atom is 0.303 e. The third-order valence-corrected chi connectivity index (χ3v) is 4.41. The van der Waals surface area contributed by atoms with Gasteiger partial charge in [-0.3, -0.25) is 4.79 Å². The van der Waals surface area contributed by atoms with Crippen molar-refractivity contribution in [2.45, 2.75) is 44.8 Å². The summed E-state index contributed by atoms with van der Waals surface area (Å²) in [5, 5.41) is 0. The molecule has 0 saturated carbocycles. The number of piperidine rings is 1. The summed E-state index contributed by atoms with van der Waals surface area (Å²) in [6.07, 6.45) is 3.74. The number of nitrogens with one attached hydrogen (secondary N) is 1. The van der Waals surface area contributed by atoms with Gasteiger partial charge in [0, 0.05) is 26.4 Å². The van der Waals surface area contributed by atoms with Crippen molar-refractivity contribution in [3.63, 3.8) is 0 Å². The molecule has 1 saturated heterocycles. The molecule has 5 heteroatoms. The number of hydrogen-bond acceptors (Lipinski definition) is 3. The van der Waals surface area contributed by atoms with Gasteiger partial charge in [-0.2, -0.15) is 0 Å². The molecule has 0 unspecified atom stereocenters. The second kappa shape index (κ2) is 9.91. The van der Waals surface area contributed by atoms with Crippen LogP contribution in [0.3, 0.4) is 0 Å². The molecule has 0 bridgehead atoms. The first kappa shape index (κ1) is 19.9. The minimum absolute atomic E-state index is 0. The summed E-state index contributed by atoms with van der Waals surface area (Å²) in [5.74, 6) is -0.162. The third-order valence-electron chi connectivity index (χ3n) is 4.41. The fraction of sp³-hybridized carbons (Fsp3) is 0.611. The Morgan fingerprint density at radius 2 is 1.87 bits per heavy atom. The van der Waals surface area contributed by atoms with Gasteiger partial charge in [-0.15, -0.1) is 0 Å². The zero-order chi connectivity index (χ0) is 15.8. The number of esters is 1. The number of hydrogen-bond donors (Lipinski definition) is 1. The number of halogens is 1. The van der Waals surface area contributed by atoms with E-state index in [2.05, 4.69) is 19.2 Å². The van der Waals surface area contributed by atoms with Crippen LogP contribution in [-0.2, 0) is 20.9 Å². The molecule has 0 spiro atoms. The lowest BCUT2D eigenvalue weighted by molar-refractivity contribution is -0.887. The Morgan fingerprint density at radius 1 is 1.22 bits per heavy atom. The van der Waals surface area contributed by atoms with Gasteiger partial charge >= 0.3 is 5.97 Å². The van der Waals surface area contributed by atoms with Gasteiger partial charge in [0.2, 0.25) is 0 Å². The minimum atomic E-state index is -0.262. The summed E-state index contributed by atoms with van der Waals surface area (Å²) >= 11 is 0. The molecule has 0 aromatic heterocycles. The second-order valence-corrected chi connectivity index (χ2v) is 6.38. The summed E-state index contributed by atoms with van der Waals surface area (Å²) in [6, 6.07) is 10.2. The molecule has 4 nitrogen and oxygen atoms in total. The smallest absolute Gasteiger partial charge is 0.303 e. The van der Waals surface area contributed by atoms with Crippen LogP contribution < -0.4 is 17.3 Å². The highest BCUT2D eigenvalue weighted by Gasteiger charge is 2.38. The van der Waals surface area contributed by atoms with Crippen molar-refractivity contribution < 1.29 is 31.6 Å². The van der Waals surface area contributed by atoms with Gasteiger partial charge in [-0.1, -0.05) is 30.3 Å². The van der Waals surface area contributed by atoms with E-state index in [4.69, 9.17) is 9.47 Å². The highest BCUT2D eigenvalue weighted by Crippen LogP contribution is 2.27. The molecule has 1 aromatic rings. The van der Waals surface area contributed by atoms with Crippen molar-refractivity contribution in [3.8, 4) is 0 Å². The topological polar surface area (TPSA) is 40.0 Å². The maximum absolute atomic E-state index is 11.4. The normalized spacial score (nSPS) is 23.8. The average molecular weight is 342 g/mol. The van der Waals surface area contributed by atoms with Gasteiger partial charge in [-0.25, -0.2) is 0 Å². The largest absolute Gasteiger partial charge is 1.00 e. The molecule has 1 aliphatic rings. The summed E-state index contributed by atoms with van der Waals surface area (Å²) in [5.41, 5.74) is 0.932. The van der Waals surface area contributed by atoms with E-state index in [0.717, 1.165) is 38.8 Å². The van der Waals surface area contributed by atoms with Crippen molar-refractivity contribution in [1.82, 2.24) is 0 Å². The Kier molecular flexibility index (Phi) is 8.59. The standard InChI is InChI=1S/C18H27NO3.ClH/c1-16(20)22-18(10-12-19(2)13-11-18)9-6-14-21-15-17-7-4-3-5-8-17;/h3-5,7-8H,6,9-15H2,1-2H3;1H. The van der Waals surface area contributed by atoms with Gasteiger partial charge in [0.25, 0.3) is 0 Å². The number of benzene rings is 1. The van der Waals surface area contributed by atoms with Gasteiger partial charge in [-0.05, 0) is 18.4 Å². The Labute approximate surface area is 145 Å². The van der Waals surface area contributed by atoms with Crippen LogP contribution in [0.15, 0.2) is 30.3 Å². The van der Waals surface area contributed by atoms with Crippen LogP contribution in [0.25, 0.3) is 0 Å². The second-order valence-electron chi connectivity index (χ2n) is 6.38. The molecule has 2 rings (SSSR count). The minimum Gasteiger partial charge on any atom is -1.00 e. The van der Waals surface area contributed by atoms with Crippen LogP contribution in [-0.4, -0.2) is 38.3 Å². The molecule has 1 aromatic carbocycles. The SMILES string of the molecule is CC(=O)OC1(CCCOCc2ccccc2)CC[NH+](C)CC1.[Cl-]. The Bertz CT molecular complexity index is 459. The highest BCUT2D eigenvalue weighted by molar-refractivity contribution is 5.66. The molecular formula is C18H28ClNO3. The fourth-order valence-corrected chi connectivity index (χ4v) is 3.10. The molecular weight excluding hydrogens is 314 g/mol. The molecule has 1 aliphatic heterocycles. The number of rotatable bonds is 7. The van der Waals surface area contributed by atoms with Crippen LogP contribution in [0.5, 0.6) is 0 Å². The molecule has 1 N–H and O–H groups in total. The predicted molar refractivity (Wildman–Crippen MR) is 85.7 cm³/mol. The van der Waals surface area contributed by atoms with E-state index in [1.807, 2.05) is 18.2 Å². The van der Waals surface area contributed by atoms with E-state index >= 15 is 0 Å². The number of likely N-dealkylation sites (tertiary alicyclic amines) is 1. The lowest BCUT2D eigenvalue weighted by Gasteiger charge is -2.38. The summed E-state index contributed by atoms with van der Waals surface area (Å²) < 4.78 is 11.4. The first-order valence-corrected chi connectivity index (χ1v) is 8.22. The first-order chi connectivity index (χ1) is 10.6. The van der Waals surface area contributed by atoms with Crippen molar-refractivity contribution in [2.75, 3.05) is 26.7 Å². The molecule has 0 amide bonds. The van der Waals surface area contributed by atoms with Crippen LogP contribution >= 0.6 is 0 Å². The highest BCUT2D eigenvalue weighted by atomic mass is 35.5. The number of quaternary nitrogens is 1. The lowest BCUT2D eigenvalue weighted by atomic mass is 9.87. The molecule has 1 fully saturated rings. The monoisotopic (exact) mass is 341 g/mol. The molecule has 0 aliphatic carbocycles. The van der Waals surface area contributed by atoms with E-state index in [-0.39, 0.29) is 24.0 Å². The van der Waals surface area contributed by atoms with Gasteiger partial charge < -0.3 is 26.8 Å². The van der Waals surface area contributed by atoms with Crippen LogP contribution in [0.4, 0.5) is 0 Å². The van der Waals surface area contributed by atoms with E-state index in [1.54, 1.807) is 0 Å². The van der Waals surface area contributed by atoms with E-state index in [1.165, 1.54) is 17.4 Å². The van der Waals surface area contributed by atoms with E-state index < -0.39 is 0 Å². The summed E-state index contributed by atoms with van der Waals surface area (Å²) in [7, 11) is 2.20. The quantitative estimate of drug-likeness (QED) is 0.490. The Hall–Kier alpha value is -1.10. The summed E-state index contributed by atoms with van der Waals surface area (Å²) in [6.45, 7) is 5.00. The summed E-state index contributed by atoms with van der Waals surface area (Å²) in [4.78, 5) is 12.9.